The van der Waals surface area contributed by atoms with Gasteiger partial charge in [0, 0.05) is 16.8 Å². The molecule has 0 spiro atoms. The van der Waals surface area contributed by atoms with Crippen LogP contribution in [0.1, 0.15) is 37.5 Å². The van der Waals surface area contributed by atoms with Crippen molar-refractivity contribution in [3.05, 3.63) is 58.4 Å². The number of anilines is 1. The van der Waals surface area contributed by atoms with Crippen molar-refractivity contribution in [1.29, 1.82) is 0 Å². The molecule has 148 valence electrons. The zero-order valence-electron chi connectivity index (χ0n) is 16.8. The summed E-state index contributed by atoms with van der Waals surface area (Å²) in [7, 11) is 0. The zero-order valence-corrected chi connectivity index (χ0v) is 16.8. The van der Waals surface area contributed by atoms with E-state index in [2.05, 4.69) is 5.32 Å². The molecule has 0 radical (unpaired) electrons. The van der Waals surface area contributed by atoms with Gasteiger partial charge in [-0.05, 0) is 81.1 Å². The van der Waals surface area contributed by atoms with E-state index in [-0.39, 0.29) is 11.7 Å². The fourth-order valence-electron chi connectivity index (χ4n) is 2.78. The Labute approximate surface area is 164 Å². The Morgan fingerprint density at radius 3 is 2.29 bits per heavy atom. The fraction of sp³-hybridized carbons (Fsp3) is 0.273. The Morgan fingerprint density at radius 2 is 1.71 bits per heavy atom. The molecule has 6 heteroatoms. The average molecular weight is 383 g/mol. The highest BCUT2D eigenvalue weighted by atomic mass is 19.1. The molecule has 0 aromatic heterocycles. The highest BCUT2D eigenvalue weighted by Gasteiger charge is 2.27. The van der Waals surface area contributed by atoms with Crippen molar-refractivity contribution in [2.24, 2.45) is 5.73 Å². The molecule has 0 saturated heterocycles. The van der Waals surface area contributed by atoms with Gasteiger partial charge in [0.05, 0.1) is 0 Å². The number of hydrogen-bond donors (Lipinski definition) is 3. The topological polar surface area (TPSA) is 98.2 Å². The third kappa shape index (κ3) is 4.57. The van der Waals surface area contributed by atoms with Gasteiger partial charge >= 0.3 is 0 Å². The van der Waals surface area contributed by atoms with Gasteiger partial charge in [0.15, 0.2) is 0 Å². The molecule has 0 aliphatic carbocycles. The number of hydrogen-bond acceptors (Lipinski definition) is 3. The smallest absolute Gasteiger partial charge is 0.247 e. The van der Waals surface area contributed by atoms with Gasteiger partial charge in [-0.1, -0.05) is 12.1 Å². The monoisotopic (exact) mass is 383 g/mol. The van der Waals surface area contributed by atoms with Gasteiger partial charge in [0.25, 0.3) is 0 Å². The molecule has 5 nitrogen and oxygen atoms in total. The van der Waals surface area contributed by atoms with Crippen molar-refractivity contribution >= 4 is 23.6 Å². The van der Waals surface area contributed by atoms with Crippen molar-refractivity contribution in [2.45, 2.75) is 40.2 Å². The Morgan fingerprint density at radius 1 is 1.07 bits per heavy atom. The minimum absolute atomic E-state index is 0.371. The maximum absolute atomic E-state index is 14.3. The van der Waals surface area contributed by atoms with Gasteiger partial charge in [-0.2, -0.15) is 0 Å². The Kier molecular flexibility index (Phi) is 5.92. The highest BCUT2D eigenvalue weighted by Crippen LogP contribution is 2.30. The van der Waals surface area contributed by atoms with Gasteiger partial charge in [-0.25, -0.2) is 4.39 Å². The van der Waals surface area contributed by atoms with Crippen LogP contribution in [-0.4, -0.2) is 17.4 Å². The van der Waals surface area contributed by atoms with Crippen LogP contribution in [0.3, 0.4) is 0 Å². The lowest BCUT2D eigenvalue weighted by atomic mass is 9.93. The lowest BCUT2D eigenvalue weighted by Gasteiger charge is -2.22. The summed E-state index contributed by atoms with van der Waals surface area (Å²) < 4.78 is 14.3. The third-order valence-corrected chi connectivity index (χ3v) is 4.67. The van der Waals surface area contributed by atoms with Crippen molar-refractivity contribution in [3.63, 3.8) is 0 Å². The first kappa shape index (κ1) is 21.2. The van der Waals surface area contributed by atoms with E-state index in [0.29, 0.717) is 16.8 Å². The van der Waals surface area contributed by atoms with E-state index in [1.807, 2.05) is 26.0 Å². The van der Waals surface area contributed by atoms with Crippen molar-refractivity contribution in [3.8, 4) is 11.1 Å². The van der Waals surface area contributed by atoms with Crippen LogP contribution in [-0.2, 0) is 9.59 Å². The van der Waals surface area contributed by atoms with Gasteiger partial charge in [-0.15, -0.1) is 0 Å². The number of carbonyl (C=O) groups excluding carboxylic acids is 2. The summed E-state index contributed by atoms with van der Waals surface area (Å²) in [4.78, 5) is 23.8. The molecule has 2 amide bonds. The number of nitrogens with one attached hydrogen (secondary N) is 1. The number of amides is 2. The molecule has 0 aliphatic rings. The summed E-state index contributed by atoms with van der Waals surface area (Å²) in [5.41, 5.74) is 14.4. The fourth-order valence-corrected chi connectivity index (χ4v) is 2.78. The zero-order chi connectivity index (χ0) is 21.2. The van der Waals surface area contributed by atoms with E-state index in [0.717, 1.165) is 22.3 Å². The molecule has 28 heavy (non-hydrogen) atoms. The Hall–Kier alpha value is -3.15. The summed E-state index contributed by atoms with van der Waals surface area (Å²) in [5.74, 6) is -1.37. The van der Waals surface area contributed by atoms with E-state index in [1.54, 1.807) is 39.0 Å². The van der Waals surface area contributed by atoms with Gasteiger partial charge in [0.1, 0.15) is 11.4 Å². The minimum atomic E-state index is -1.15. The normalized spacial score (nSPS) is 12.0. The molecule has 2 aromatic rings. The van der Waals surface area contributed by atoms with Crippen LogP contribution in [0, 0.1) is 19.7 Å². The molecule has 0 heterocycles. The molecule has 5 N–H and O–H groups in total. The van der Waals surface area contributed by atoms with Crippen LogP contribution in [0.4, 0.5) is 10.1 Å². The van der Waals surface area contributed by atoms with E-state index in [4.69, 9.17) is 11.5 Å². The number of nitrogen functional groups attached to an aromatic ring is 1. The summed E-state index contributed by atoms with van der Waals surface area (Å²) in [6, 6.07) is 8.40. The second-order valence-electron chi connectivity index (χ2n) is 7.53. The number of halogens is 1. The molecular weight excluding hydrogens is 357 g/mol. The van der Waals surface area contributed by atoms with E-state index in [9.17, 15) is 14.0 Å². The van der Waals surface area contributed by atoms with Gasteiger partial charge < -0.3 is 16.8 Å². The average Bonchev–Trinajstić information content (AvgIpc) is 2.57. The summed E-state index contributed by atoms with van der Waals surface area (Å²) in [5, 5.41) is 2.62. The third-order valence-electron chi connectivity index (χ3n) is 4.67. The second-order valence-corrected chi connectivity index (χ2v) is 7.53. The maximum Gasteiger partial charge on any atom is 0.247 e. The molecule has 2 rings (SSSR count). The molecule has 0 aliphatic heterocycles. The predicted molar refractivity (Wildman–Crippen MR) is 111 cm³/mol. The van der Waals surface area contributed by atoms with Crippen molar-refractivity contribution in [2.75, 3.05) is 5.73 Å². The van der Waals surface area contributed by atoms with Gasteiger partial charge in [0.2, 0.25) is 11.8 Å². The first-order valence-corrected chi connectivity index (χ1v) is 8.89. The van der Waals surface area contributed by atoms with E-state index < -0.39 is 11.4 Å². The van der Waals surface area contributed by atoms with Crippen LogP contribution >= 0.6 is 0 Å². The molecule has 0 saturated carbocycles. The first-order valence-electron chi connectivity index (χ1n) is 8.89. The quantitative estimate of drug-likeness (QED) is 0.544. The minimum Gasteiger partial charge on any atom is -0.399 e. The number of carbonyl (C=O) groups is 2. The van der Waals surface area contributed by atoms with Crippen LogP contribution in [0.2, 0.25) is 0 Å². The number of aryl methyl sites for hydroxylation is 2. The molecule has 0 bridgehead atoms. The second kappa shape index (κ2) is 7.84. The van der Waals surface area contributed by atoms with Crippen LogP contribution in [0.15, 0.2) is 35.9 Å². The van der Waals surface area contributed by atoms with Crippen molar-refractivity contribution < 1.29 is 14.0 Å². The molecular formula is C22H26FN3O2. The largest absolute Gasteiger partial charge is 0.399 e. The van der Waals surface area contributed by atoms with Crippen LogP contribution in [0.25, 0.3) is 17.2 Å². The molecule has 0 atom stereocenters. The van der Waals surface area contributed by atoms with E-state index in [1.165, 1.54) is 6.07 Å². The number of rotatable bonds is 5. The lowest BCUT2D eigenvalue weighted by Crippen LogP contribution is -2.53. The van der Waals surface area contributed by atoms with Crippen LogP contribution < -0.4 is 16.8 Å². The predicted octanol–water partition coefficient (Wildman–Crippen LogP) is 3.48. The van der Waals surface area contributed by atoms with E-state index >= 15 is 0 Å². The maximum atomic E-state index is 14.3. The summed E-state index contributed by atoms with van der Waals surface area (Å²) in [6.07, 6.45) is 1.73. The SMILES string of the molecule is C/C(=C\c1cc(C)c(-c2ccc(N)cc2F)cc1C)C(=O)NC(C)(C)C(N)=O. The van der Waals surface area contributed by atoms with Gasteiger partial charge in [-0.3, -0.25) is 9.59 Å². The Bertz CT molecular complexity index is 978. The molecule has 0 fully saturated rings. The first-order chi connectivity index (χ1) is 12.9. The van der Waals surface area contributed by atoms with Crippen LogP contribution in [0.5, 0.6) is 0 Å². The number of benzene rings is 2. The molecule has 0 unspecified atom stereocenters. The standard InChI is InChI=1S/C22H26FN3O2/c1-12-10-18(17-7-6-16(24)11-19(17)23)13(2)8-15(12)9-14(3)20(27)26-22(4,5)21(25)28/h6-11H,24H2,1-5H3,(H2,25,28)(H,26,27)/b14-9+. The van der Waals surface area contributed by atoms with Crippen molar-refractivity contribution in [1.82, 2.24) is 5.32 Å². The number of primary amides is 1. The molecule has 2 aromatic carbocycles. The highest BCUT2D eigenvalue weighted by molar-refractivity contribution is 6.00. The summed E-state index contributed by atoms with van der Waals surface area (Å²) in [6.45, 7) is 8.53. The lowest BCUT2D eigenvalue weighted by molar-refractivity contribution is -0.128. The summed E-state index contributed by atoms with van der Waals surface area (Å²) >= 11 is 0. The Balaban J connectivity index is 2.38. The number of nitrogens with two attached hydrogens (primary N) is 2.